The van der Waals surface area contributed by atoms with E-state index < -0.39 is 58.0 Å². The molecule has 11 nitrogen and oxygen atoms in total. The lowest BCUT2D eigenvalue weighted by Crippen LogP contribution is -2.65. The topological polar surface area (TPSA) is 183 Å². The number of carbonyl (C=O) groups excluding carboxylic acids is 3. The number of benzene rings is 1. The second-order valence-corrected chi connectivity index (χ2v) is 10.3. The van der Waals surface area contributed by atoms with Crippen molar-refractivity contribution in [3.8, 4) is 5.75 Å². The number of hydrogen-bond donors (Lipinski definition) is 5. The van der Waals surface area contributed by atoms with Crippen LogP contribution < -0.4 is 5.73 Å². The maximum Gasteiger partial charge on any atom is 0.255 e. The van der Waals surface area contributed by atoms with E-state index in [0.29, 0.717) is 16.8 Å². The molecule has 1 aromatic rings. The highest BCUT2D eigenvalue weighted by atomic mass is 16.6. The van der Waals surface area contributed by atoms with Gasteiger partial charge in [-0.2, -0.15) is 0 Å². The minimum atomic E-state index is -2.67. The van der Waals surface area contributed by atoms with Gasteiger partial charge in [-0.05, 0) is 71.3 Å². The Kier molecular flexibility index (Phi) is 6.41. The van der Waals surface area contributed by atoms with E-state index in [9.17, 15) is 34.8 Å². The van der Waals surface area contributed by atoms with Gasteiger partial charge in [-0.1, -0.05) is 5.16 Å². The maximum absolute atomic E-state index is 13.8. The van der Waals surface area contributed by atoms with Gasteiger partial charge in [-0.25, -0.2) is 0 Å². The van der Waals surface area contributed by atoms with Gasteiger partial charge in [0.05, 0.1) is 17.3 Å². The van der Waals surface area contributed by atoms with E-state index in [1.54, 1.807) is 27.1 Å². The number of oxime groups is 1. The molecule has 1 amide bonds. The number of ketones is 2. The van der Waals surface area contributed by atoms with Gasteiger partial charge in [0.25, 0.3) is 5.91 Å². The number of phenolic OH excluding ortho intramolecular Hbond substituents is 1. The van der Waals surface area contributed by atoms with E-state index in [2.05, 4.69) is 5.16 Å². The van der Waals surface area contributed by atoms with Crippen LogP contribution in [0.1, 0.15) is 43.9 Å². The van der Waals surface area contributed by atoms with Gasteiger partial charge in [-0.15, -0.1) is 0 Å². The molecule has 198 valence electrons. The van der Waals surface area contributed by atoms with Gasteiger partial charge in [0.2, 0.25) is 5.78 Å². The van der Waals surface area contributed by atoms with Crippen molar-refractivity contribution in [2.45, 2.75) is 51.4 Å². The number of nitrogens with zero attached hydrogens (tertiary/aromatic N) is 2. The van der Waals surface area contributed by atoms with E-state index in [1.807, 2.05) is 13.8 Å². The average Bonchev–Trinajstić information content (AvgIpc) is 2.79. The van der Waals surface area contributed by atoms with Crippen molar-refractivity contribution in [3.63, 3.8) is 0 Å². The molecular weight excluding hydrogens is 482 g/mol. The average molecular weight is 514 g/mol. The number of amides is 1. The number of nitrogens with two attached hydrogens (primary N) is 1. The van der Waals surface area contributed by atoms with Crippen molar-refractivity contribution in [1.82, 2.24) is 4.90 Å². The molecule has 0 bridgehead atoms. The SMILES string of the molecule is C/C(=N/OC(C)C)c1ccc(O)c2c1C[C@H]1C[C@H]3[C@H](N(C)C)C(=O)C(C(N)=O)=C(O)[C@]3(O)C(=O)C1=C2O. The van der Waals surface area contributed by atoms with Crippen molar-refractivity contribution in [1.29, 1.82) is 0 Å². The molecule has 11 heteroatoms. The Morgan fingerprint density at radius 1 is 1.22 bits per heavy atom. The first kappa shape index (κ1) is 26.4. The molecule has 0 spiro atoms. The molecule has 37 heavy (non-hydrogen) atoms. The minimum Gasteiger partial charge on any atom is -0.508 e. The Morgan fingerprint density at radius 2 is 1.86 bits per heavy atom. The van der Waals surface area contributed by atoms with Crippen LogP contribution in [-0.2, 0) is 25.6 Å². The molecule has 6 N–H and O–H groups in total. The number of fused-ring (bicyclic) bond motifs is 3. The Bertz CT molecular complexity index is 1310. The van der Waals surface area contributed by atoms with Crippen LogP contribution in [0.25, 0.3) is 5.76 Å². The molecule has 0 radical (unpaired) electrons. The zero-order chi connectivity index (χ0) is 27.6. The minimum absolute atomic E-state index is 0.00730. The summed E-state index contributed by atoms with van der Waals surface area (Å²) >= 11 is 0. The third-order valence-corrected chi connectivity index (χ3v) is 7.39. The fourth-order valence-electron chi connectivity index (χ4n) is 5.82. The molecule has 0 saturated heterocycles. The van der Waals surface area contributed by atoms with Crippen molar-refractivity contribution >= 4 is 28.9 Å². The Labute approximate surface area is 213 Å². The van der Waals surface area contributed by atoms with Crippen LogP contribution in [0, 0.1) is 11.8 Å². The van der Waals surface area contributed by atoms with Crippen LogP contribution >= 0.6 is 0 Å². The van der Waals surface area contributed by atoms with Crippen LogP contribution in [0.15, 0.2) is 34.2 Å². The predicted molar refractivity (Wildman–Crippen MR) is 133 cm³/mol. The van der Waals surface area contributed by atoms with E-state index in [0.717, 1.165) is 0 Å². The van der Waals surface area contributed by atoms with Gasteiger partial charge in [0.15, 0.2) is 11.4 Å². The number of Topliss-reactive ketones (excluding diaryl/α,β-unsaturated/α-hetero) is 2. The summed E-state index contributed by atoms with van der Waals surface area (Å²) in [5.41, 5.74) is 3.24. The van der Waals surface area contributed by atoms with Crippen LogP contribution in [0.4, 0.5) is 0 Å². The summed E-state index contributed by atoms with van der Waals surface area (Å²) in [7, 11) is 3.11. The van der Waals surface area contributed by atoms with E-state index in [4.69, 9.17) is 10.6 Å². The van der Waals surface area contributed by atoms with Crippen molar-refractivity contribution in [2.24, 2.45) is 22.7 Å². The van der Waals surface area contributed by atoms with Crippen LogP contribution in [0.3, 0.4) is 0 Å². The smallest absolute Gasteiger partial charge is 0.255 e. The number of aliphatic hydroxyl groups excluding tert-OH is 2. The fraction of sp³-hybridized carbons (Fsp3) is 0.462. The summed E-state index contributed by atoms with van der Waals surface area (Å²) in [5.74, 6) is -6.87. The lowest BCUT2D eigenvalue weighted by molar-refractivity contribution is -0.153. The third-order valence-electron chi connectivity index (χ3n) is 7.39. The van der Waals surface area contributed by atoms with Gasteiger partial charge >= 0.3 is 0 Å². The predicted octanol–water partition coefficient (Wildman–Crippen LogP) is 1.11. The number of likely N-dealkylation sites (N-methyl/N-ethyl adjacent to an activating group) is 1. The summed E-state index contributed by atoms with van der Waals surface area (Å²) in [6, 6.07) is 1.86. The number of rotatable bonds is 5. The molecule has 0 aromatic heterocycles. The second kappa shape index (κ2) is 9.00. The fourth-order valence-corrected chi connectivity index (χ4v) is 5.82. The number of aromatic hydroxyl groups is 1. The monoisotopic (exact) mass is 513 g/mol. The highest BCUT2D eigenvalue weighted by Crippen LogP contribution is 2.52. The molecule has 0 unspecified atom stereocenters. The summed E-state index contributed by atoms with van der Waals surface area (Å²) in [5, 5.41) is 48.5. The van der Waals surface area contributed by atoms with Gasteiger partial charge in [0.1, 0.15) is 28.9 Å². The van der Waals surface area contributed by atoms with E-state index >= 15 is 0 Å². The lowest BCUT2D eigenvalue weighted by atomic mass is 9.57. The van der Waals surface area contributed by atoms with Crippen molar-refractivity contribution in [2.75, 3.05) is 14.1 Å². The number of primary amides is 1. The molecular formula is C26H31N3O8. The molecule has 4 rings (SSSR count). The highest BCUT2D eigenvalue weighted by Gasteiger charge is 2.64. The molecule has 1 aromatic carbocycles. The van der Waals surface area contributed by atoms with E-state index in [-0.39, 0.29) is 35.8 Å². The normalized spacial score (nSPS) is 27.9. The molecule has 3 aliphatic rings. The van der Waals surface area contributed by atoms with E-state index in [1.165, 1.54) is 11.0 Å². The van der Waals surface area contributed by atoms with Crippen LogP contribution in [-0.4, -0.2) is 80.4 Å². The molecule has 0 heterocycles. The highest BCUT2D eigenvalue weighted by molar-refractivity contribution is 6.24. The zero-order valence-corrected chi connectivity index (χ0v) is 21.3. The van der Waals surface area contributed by atoms with Gasteiger partial charge in [-0.3, -0.25) is 19.3 Å². The van der Waals surface area contributed by atoms with Gasteiger partial charge in [0, 0.05) is 17.1 Å². The second-order valence-electron chi connectivity index (χ2n) is 10.3. The Hall–Kier alpha value is -3.70. The van der Waals surface area contributed by atoms with Crippen LogP contribution in [0.5, 0.6) is 5.75 Å². The largest absolute Gasteiger partial charge is 0.508 e. The summed E-state index contributed by atoms with van der Waals surface area (Å²) in [6.45, 7) is 5.35. The summed E-state index contributed by atoms with van der Waals surface area (Å²) in [6.07, 6.45) is 0.0149. The number of hydrogen-bond acceptors (Lipinski definition) is 10. The Morgan fingerprint density at radius 3 is 2.43 bits per heavy atom. The number of phenols is 1. The molecule has 1 saturated carbocycles. The standard InChI is InChI=1S/C26H31N3O8/c1-10(2)37-28-11(3)13-6-7-16(30)18-14(13)8-12-9-15-20(29(4)5)22(32)19(25(27)35)24(34)26(15,36)23(33)17(12)21(18)31/h6-7,10,12,15,20,30-31,34,36H,8-9H2,1-5H3,(H2,27,35)/b28-11-/t12-,15-,20-,26+/m0/s1. The van der Waals surface area contributed by atoms with Crippen LogP contribution in [0.2, 0.25) is 0 Å². The first-order valence-corrected chi connectivity index (χ1v) is 11.9. The lowest BCUT2D eigenvalue weighted by Gasteiger charge is -2.50. The molecule has 3 aliphatic carbocycles. The summed E-state index contributed by atoms with van der Waals surface area (Å²) < 4.78 is 0. The van der Waals surface area contributed by atoms with Crippen molar-refractivity contribution < 1.29 is 39.6 Å². The zero-order valence-electron chi connectivity index (χ0n) is 21.3. The number of aliphatic hydroxyl groups is 3. The number of carbonyl (C=O) groups is 3. The maximum atomic E-state index is 13.8. The molecule has 0 aliphatic heterocycles. The van der Waals surface area contributed by atoms with Gasteiger partial charge < -0.3 is 31.0 Å². The third kappa shape index (κ3) is 3.80. The Balaban J connectivity index is 1.94. The van der Waals surface area contributed by atoms with Crippen molar-refractivity contribution in [3.05, 3.63) is 45.7 Å². The first-order chi connectivity index (χ1) is 17.2. The summed E-state index contributed by atoms with van der Waals surface area (Å²) in [4.78, 5) is 45.8. The quantitative estimate of drug-likeness (QED) is 0.219. The molecule has 4 atom stereocenters. The molecule has 1 fully saturated rings. The first-order valence-electron chi connectivity index (χ1n) is 11.9.